The molecule has 0 saturated carbocycles. The number of carbonyl (C=O) groups is 2. The largest absolute Gasteiger partial charge is 0.365 e. The maximum atomic E-state index is 13.7. The molecular weight excluding hydrogens is 466 g/mol. The van der Waals surface area contributed by atoms with Crippen molar-refractivity contribution in [3.63, 3.8) is 0 Å². The SMILES string of the molecule is Cc1cccc(-c2cc(C(=O)Nc3sc4c(c3C(N)=O)CC[C@H](C(C)(C)C)C4)c3ccccc3n2)c1. The number of pyridine rings is 1. The third-order valence-electron chi connectivity index (χ3n) is 7.24. The smallest absolute Gasteiger partial charge is 0.257 e. The van der Waals surface area contributed by atoms with Crippen molar-refractivity contribution in [2.75, 3.05) is 5.32 Å². The Kier molecular flexibility index (Phi) is 6.17. The monoisotopic (exact) mass is 497 g/mol. The summed E-state index contributed by atoms with van der Waals surface area (Å²) in [7, 11) is 0. The molecule has 36 heavy (non-hydrogen) atoms. The molecule has 2 aromatic heterocycles. The van der Waals surface area contributed by atoms with Crippen molar-refractivity contribution in [2.24, 2.45) is 17.1 Å². The molecule has 4 aromatic rings. The summed E-state index contributed by atoms with van der Waals surface area (Å²) in [5.41, 5.74) is 11.6. The Morgan fingerprint density at radius 2 is 1.86 bits per heavy atom. The summed E-state index contributed by atoms with van der Waals surface area (Å²) in [5, 5.41) is 4.36. The minimum Gasteiger partial charge on any atom is -0.365 e. The summed E-state index contributed by atoms with van der Waals surface area (Å²) in [6.45, 7) is 8.81. The lowest BCUT2D eigenvalue weighted by atomic mass is 9.72. The van der Waals surface area contributed by atoms with E-state index in [0.717, 1.165) is 57.4 Å². The number of nitrogens with zero attached hydrogens (tertiary/aromatic N) is 1. The van der Waals surface area contributed by atoms with Gasteiger partial charge in [-0.25, -0.2) is 4.98 Å². The molecular formula is C30H31N3O2S. The van der Waals surface area contributed by atoms with Crippen LogP contribution in [0.5, 0.6) is 0 Å². The minimum absolute atomic E-state index is 0.181. The highest BCUT2D eigenvalue weighted by atomic mass is 32.1. The van der Waals surface area contributed by atoms with E-state index in [2.05, 4.69) is 32.2 Å². The van der Waals surface area contributed by atoms with Crippen molar-refractivity contribution in [2.45, 2.75) is 47.0 Å². The molecule has 0 unspecified atom stereocenters. The van der Waals surface area contributed by atoms with Gasteiger partial charge in [0, 0.05) is 15.8 Å². The number of primary amides is 1. The molecule has 0 saturated heterocycles. The van der Waals surface area contributed by atoms with Crippen molar-refractivity contribution in [3.05, 3.63) is 81.7 Å². The fourth-order valence-electron chi connectivity index (χ4n) is 5.16. The second-order valence-corrected chi connectivity index (χ2v) is 11.9. The number of amides is 2. The lowest BCUT2D eigenvalue weighted by Crippen LogP contribution is -2.27. The lowest BCUT2D eigenvalue weighted by Gasteiger charge is -2.33. The quantitative estimate of drug-likeness (QED) is 0.326. The summed E-state index contributed by atoms with van der Waals surface area (Å²) in [5.74, 6) is -0.234. The van der Waals surface area contributed by atoms with Crippen LogP contribution in [0.4, 0.5) is 5.00 Å². The number of nitrogens with one attached hydrogen (secondary N) is 1. The van der Waals surface area contributed by atoms with E-state index in [0.29, 0.717) is 22.0 Å². The first-order chi connectivity index (χ1) is 17.1. The number of hydrogen-bond acceptors (Lipinski definition) is 4. The van der Waals surface area contributed by atoms with Crippen LogP contribution in [0.2, 0.25) is 0 Å². The van der Waals surface area contributed by atoms with Gasteiger partial charge in [0.2, 0.25) is 0 Å². The van der Waals surface area contributed by atoms with Crippen LogP contribution >= 0.6 is 11.3 Å². The fourth-order valence-corrected chi connectivity index (χ4v) is 6.49. The second kappa shape index (κ2) is 9.17. The number of benzene rings is 2. The Morgan fingerprint density at radius 1 is 1.08 bits per heavy atom. The van der Waals surface area contributed by atoms with Gasteiger partial charge >= 0.3 is 0 Å². The van der Waals surface area contributed by atoms with Crippen molar-refractivity contribution in [1.82, 2.24) is 4.98 Å². The van der Waals surface area contributed by atoms with Crippen molar-refractivity contribution >= 4 is 39.1 Å². The van der Waals surface area contributed by atoms with Gasteiger partial charge in [-0.3, -0.25) is 9.59 Å². The van der Waals surface area contributed by atoms with Crippen LogP contribution in [0.25, 0.3) is 22.2 Å². The number of fused-ring (bicyclic) bond motifs is 2. The zero-order valence-corrected chi connectivity index (χ0v) is 22.0. The van der Waals surface area contributed by atoms with E-state index in [4.69, 9.17) is 10.7 Å². The highest BCUT2D eigenvalue weighted by molar-refractivity contribution is 7.17. The Balaban J connectivity index is 1.55. The Morgan fingerprint density at radius 3 is 2.58 bits per heavy atom. The van der Waals surface area contributed by atoms with E-state index in [1.807, 2.05) is 55.5 Å². The number of rotatable bonds is 4. The summed E-state index contributed by atoms with van der Waals surface area (Å²) in [6, 6.07) is 17.5. The number of hydrogen-bond donors (Lipinski definition) is 2. The molecule has 5 rings (SSSR count). The number of carbonyl (C=O) groups excluding carboxylic acids is 2. The molecule has 0 aliphatic heterocycles. The molecule has 3 N–H and O–H groups in total. The summed E-state index contributed by atoms with van der Waals surface area (Å²) in [6.07, 6.45) is 2.71. The maximum absolute atomic E-state index is 13.7. The van der Waals surface area contributed by atoms with E-state index in [-0.39, 0.29) is 11.3 Å². The van der Waals surface area contributed by atoms with Crippen molar-refractivity contribution < 1.29 is 9.59 Å². The molecule has 0 fully saturated rings. The standard InChI is InChI=1S/C30H31N3O2S/c1-17-8-7-9-18(14-17)24-16-22(20-10-5-6-11-23(20)32-24)28(35)33-29-26(27(31)34)21-13-12-19(30(2,3)4)15-25(21)36-29/h5-11,14,16,19H,12-13,15H2,1-4H3,(H2,31,34)(H,33,35)/t19-/m0/s1. The van der Waals surface area contributed by atoms with Crippen LogP contribution in [0, 0.1) is 18.3 Å². The van der Waals surface area contributed by atoms with Crippen molar-refractivity contribution in [1.29, 1.82) is 0 Å². The summed E-state index contributed by atoms with van der Waals surface area (Å²) >= 11 is 1.49. The molecule has 2 heterocycles. The zero-order valence-electron chi connectivity index (χ0n) is 21.1. The third kappa shape index (κ3) is 4.53. The number of aryl methyl sites for hydroxylation is 1. The van der Waals surface area contributed by atoms with Gasteiger partial charge in [0.1, 0.15) is 5.00 Å². The molecule has 1 aliphatic rings. The van der Waals surface area contributed by atoms with E-state index < -0.39 is 5.91 Å². The van der Waals surface area contributed by atoms with Gasteiger partial charge in [-0.1, -0.05) is 62.7 Å². The molecule has 1 aliphatic carbocycles. The second-order valence-electron chi connectivity index (χ2n) is 10.8. The molecule has 6 heteroatoms. The first-order valence-corrected chi connectivity index (χ1v) is 13.2. The van der Waals surface area contributed by atoms with Gasteiger partial charge in [0.05, 0.1) is 22.3 Å². The fraction of sp³-hybridized carbons (Fsp3) is 0.300. The van der Waals surface area contributed by atoms with Crippen LogP contribution in [0.1, 0.15) is 63.9 Å². The zero-order chi connectivity index (χ0) is 25.6. The van der Waals surface area contributed by atoms with Crippen LogP contribution in [0.15, 0.2) is 54.6 Å². The first-order valence-electron chi connectivity index (χ1n) is 12.3. The van der Waals surface area contributed by atoms with Gasteiger partial charge in [-0.2, -0.15) is 0 Å². The predicted molar refractivity (Wildman–Crippen MR) is 148 cm³/mol. The lowest BCUT2D eigenvalue weighted by molar-refractivity contribution is 0.1000. The predicted octanol–water partition coefficient (Wildman–Crippen LogP) is 6.77. The minimum atomic E-state index is -0.489. The molecule has 0 spiro atoms. The van der Waals surface area contributed by atoms with E-state index in [1.54, 1.807) is 0 Å². The van der Waals surface area contributed by atoms with Crippen LogP contribution in [-0.4, -0.2) is 16.8 Å². The van der Waals surface area contributed by atoms with Gasteiger partial charge in [0.25, 0.3) is 11.8 Å². The van der Waals surface area contributed by atoms with Gasteiger partial charge < -0.3 is 11.1 Å². The molecule has 2 aromatic carbocycles. The molecule has 2 amide bonds. The number of aromatic nitrogens is 1. The van der Waals surface area contributed by atoms with E-state index in [1.165, 1.54) is 11.3 Å². The third-order valence-corrected chi connectivity index (χ3v) is 8.41. The van der Waals surface area contributed by atoms with Crippen LogP contribution in [0.3, 0.4) is 0 Å². The number of para-hydroxylation sites is 1. The Hall–Kier alpha value is -3.51. The molecule has 0 radical (unpaired) electrons. The first kappa shape index (κ1) is 24.2. The summed E-state index contributed by atoms with van der Waals surface area (Å²) < 4.78 is 0. The average Bonchev–Trinajstić information content (AvgIpc) is 3.20. The molecule has 5 nitrogen and oxygen atoms in total. The molecule has 1 atom stereocenters. The van der Waals surface area contributed by atoms with Gasteiger partial charge in [0.15, 0.2) is 0 Å². The maximum Gasteiger partial charge on any atom is 0.257 e. The van der Waals surface area contributed by atoms with Crippen LogP contribution < -0.4 is 11.1 Å². The highest BCUT2D eigenvalue weighted by Crippen LogP contribution is 2.44. The number of nitrogens with two attached hydrogens (primary N) is 1. The molecule has 0 bridgehead atoms. The highest BCUT2D eigenvalue weighted by Gasteiger charge is 2.33. The van der Waals surface area contributed by atoms with E-state index >= 15 is 0 Å². The molecule has 184 valence electrons. The van der Waals surface area contributed by atoms with Gasteiger partial charge in [-0.15, -0.1) is 11.3 Å². The van der Waals surface area contributed by atoms with Gasteiger partial charge in [-0.05, 0) is 61.3 Å². The Bertz CT molecular complexity index is 1500. The normalized spacial score (nSPS) is 15.5. The van der Waals surface area contributed by atoms with E-state index in [9.17, 15) is 9.59 Å². The van der Waals surface area contributed by atoms with Crippen molar-refractivity contribution in [3.8, 4) is 11.3 Å². The number of thiophene rings is 1. The van der Waals surface area contributed by atoms with Crippen LogP contribution in [-0.2, 0) is 12.8 Å². The average molecular weight is 498 g/mol. The number of anilines is 1. The Labute approximate surface area is 215 Å². The summed E-state index contributed by atoms with van der Waals surface area (Å²) in [4.78, 5) is 32.2. The topological polar surface area (TPSA) is 85.1 Å².